The normalized spacial score (nSPS) is 19.6. The Kier molecular flexibility index (Phi) is 3.27. The van der Waals surface area contributed by atoms with Crippen molar-refractivity contribution >= 4 is 5.91 Å². The first-order chi connectivity index (χ1) is 7.65. The molecule has 0 aromatic carbocycles. The Morgan fingerprint density at radius 3 is 3.25 bits per heavy atom. The number of aromatic nitrogens is 2. The predicted molar refractivity (Wildman–Crippen MR) is 61.9 cm³/mol. The second-order valence-corrected chi connectivity index (χ2v) is 4.89. The Bertz CT molecular complexity index is 370. The number of imidazole rings is 1. The van der Waals surface area contributed by atoms with E-state index in [1.54, 1.807) is 0 Å². The summed E-state index contributed by atoms with van der Waals surface area (Å²) in [5, 5.41) is 3.09. The molecule has 0 bridgehead atoms. The average Bonchev–Trinajstić information content (AvgIpc) is 2.63. The largest absolute Gasteiger partial charge is 0.353 e. The van der Waals surface area contributed by atoms with Crippen molar-refractivity contribution < 1.29 is 4.79 Å². The summed E-state index contributed by atoms with van der Waals surface area (Å²) in [4.78, 5) is 15.9. The highest BCUT2D eigenvalue weighted by Gasteiger charge is 2.20. The van der Waals surface area contributed by atoms with Gasteiger partial charge >= 0.3 is 0 Å². The van der Waals surface area contributed by atoms with Crippen molar-refractivity contribution in [2.75, 3.05) is 0 Å². The van der Waals surface area contributed by atoms with E-state index in [1.165, 1.54) is 0 Å². The summed E-state index contributed by atoms with van der Waals surface area (Å²) >= 11 is 0. The van der Waals surface area contributed by atoms with Gasteiger partial charge in [0.25, 0.3) is 0 Å². The van der Waals surface area contributed by atoms with Crippen LogP contribution in [0.3, 0.4) is 0 Å². The lowest BCUT2D eigenvalue weighted by atomic mass is 10.0. The molecule has 1 amide bonds. The van der Waals surface area contributed by atoms with Crippen molar-refractivity contribution in [3.05, 3.63) is 18.2 Å². The Hall–Kier alpha value is -1.32. The Morgan fingerprint density at radius 2 is 2.50 bits per heavy atom. The number of fused-ring (bicyclic) bond motifs is 1. The van der Waals surface area contributed by atoms with Crippen molar-refractivity contribution in [1.82, 2.24) is 14.9 Å². The van der Waals surface area contributed by atoms with Crippen LogP contribution in [-0.2, 0) is 17.8 Å². The second-order valence-electron chi connectivity index (χ2n) is 4.89. The quantitative estimate of drug-likeness (QED) is 0.837. The number of aryl methyl sites for hydroxylation is 1. The molecule has 2 heterocycles. The molecule has 0 aliphatic carbocycles. The molecule has 0 radical (unpaired) electrons. The van der Waals surface area contributed by atoms with Crippen molar-refractivity contribution in [1.29, 1.82) is 0 Å². The summed E-state index contributed by atoms with van der Waals surface area (Å²) in [5.41, 5.74) is 0. The summed E-state index contributed by atoms with van der Waals surface area (Å²) in [6.45, 7) is 5.09. The molecule has 16 heavy (non-hydrogen) atoms. The smallest absolute Gasteiger partial charge is 0.220 e. The number of carbonyl (C=O) groups excluding carboxylic acids is 1. The maximum absolute atomic E-state index is 11.6. The third kappa shape index (κ3) is 2.62. The van der Waals surface area contributed by atoms with E-state index in [4.69, 9.17) is 0 Å². The van der Waals surface area contributed by atoms with Gasteiger partial charge < -0.3 is 9.88 Å². The molecule has 1 atom stereocenters. The van der Waals surface area contributed by atoms with Gasteiger partial charge in [-0.2, -0.15) is 0 Å². The molecule has 2 rings (SSSR count). The van der Waals surface area contributed by atoms with Crippen LogP contribution in [0.4, 0.5) is 0 Å². The molecule has 0 saturated heterocycles. The average molecular weight is 221 g/mol. The summed E-state index contributed by atoms with van der Waals surface area (Å²) in [5.74, 6) is 1.67. The molecule has 1 aliphatic heterocycles. The molecule has 0 fully saturated rings. The molecule has 1 aromatic heterocycles. The van der Waals surface area contributed by atoms with Crippen LogP contribution >= 0.6 is 0 Å². The molecule has 88 valence electrons. The minimum absolute atomic E-state index is 0.167. The fourth-order valence-electron chi connectivity index (χ4n) is 2.13. The molecule has 4 heteroatoms. The highest BCUT2D eigenvalue weighted by Crippen LogP contribution is 2.13. The number of carbonyl (C=O) groups is 1. The number of hydrogen-bond acceptors (Lipinski definition) is 2. The molecule has 1 N–H and O–H groups in total. The molecule has 1 aliphatic rings. The zero-order valence-corrected chi connectivity index (χ0v) is 9.94. The van der Waals surface area contributed by atoms with Gasteiger partial charge in [0.1, 0.15) is 5.82 Å². The first-order valence-corrected chi connectivity index (χ1v) is 5.94. The van der Waals surface area contributed by atoms with Crippen molar-refractivity contribution in [3.8, 4) is 0 Å². The fourth-order valence-corrected chi connectivity index (χ4v) is 2.13. The van der Waals surface area contributed by atoms with E-state index in [2.05, 4.69) is 28.7 Å². The SMILES string of the molecule is CC(C)CC(=O)NC1CCn2ccnc2C1. The van der Waals surface area contributed by atoms with Gasteiger partial charge in [-0.1, -0.05) is 13.8 Å². The van der Waals surface area contributed by atoms with Crippen molar-refractivity contribution in [3.63, 3.8) is 0 Å². The fraction of sp³-hybridized carbons (Fsp3) is 0.667. The second kappa shape index (κ2) is 4.68. The van der Waals surface area contributed by atoms with E-state index in [9.17, 15) is 4.79 Å². The lowest BCUT2D eigenvalue weighted by Gasteiger charge is -2.24. The third-order valence-electron chi connectivity index (χ3n) is 2.91. The van der Waals surface area contributed by atoms with E-state index in [1.807, 2.05) is 12.4 Å². The first-order valence-electron chi connectivity index (χ1n) is 5.94. The van der Waals surface area contributed by atoms with E-state index in [0.29, 0.717) is 12.3 Å². The van der Waals surface area contributed by atoms with Crippen LogP contribution in [0.2, 0.25) is 0 Å². The predicted octanol–water partition coefficient (Wildman–Crippen LogP) is 1.36. The van der Waals surface area contributed by atoms with Gasteiger partial charge in [0.2, 0.25) is 5.91 Å². The van der Waals surface area contributed by atoms with Crippen LogP contribution in [-0.4, -0.2) is 21.5 Å². The standard InChI is InChI=1S/C12H19N3O/c1-9(2)7-12(16)14-10-3-5-15-6-4-13-11(15)8-10/h4,6,9-10H,3,5,7-8H2,1-2H3,(H,14,16). The highest BCUT2D eigenvalue weighted by atomic mass is 16.1. The van der Waals surface area contributed by atoms with Crippen LogP contribution in [0.15, 0.2) is 12.4 Å². The minimum atomic E-state index is 0.167. The van der Waals surface area contributed by atoms with Crippen LogP contribution in [0.1, 0.15) is 32.5 Å². The zero-order chi connectivity index (χ0) is 11.5. The molecule has 1 unspecified atom stereocenters. The number of rotatable bonds is 3. The maximum atomic E-state index is 11.6. The summed E-state index contributed by atoms with van der Waals surface area (Å²) < 4.78 is 2.16. The topological polar surface area (TPSA) is 46.9 Å². The summed E-state index contributed by atoms with van der Waals surface area (Å²) in [6, 6.07) is 0.265. The molecular formula is C12H19N3O. The monoisotopic (exact) mass is 221 g/mol. The summed E-state index contributed by atoms with van der Waals surface area (Å²) in [7, 11) is 0. The van der Waals surface area contributed by atoms with Crippen LogP contribution in [0, 0.1) is 5.92 Å². The molecule has 4 nitrogen and oxygen atoms in total. The van der Waals surface area contributed by atoms with E-state index >= 15 is 0 Å². The lowest BCUT2D eigenvalue weighted by molar-refractivity contribution is -0.122. The minimum Gasteiger partial charge on any atom is -0.353 e. The van der Waals surface area contributed by atoms with Crippen molar-refractivity contribution in [2.24, 2.45) is 5.92 Å². The van der Waals surface area contributed by atoms with Crippen LogP contribution in [0.25, 0.3) is 0 Å². The van der Waals surface area contributed by atoms with Gasteiger partial charge in [0.15, 0.2) is 0 Å². The van der Waals surface area contributed by atoms with Gasteiger partial charge in [0.05, 0.1) is 0 Å². The Balaban J connectivity index is 1.87. The van der Waals surface area contributed by atoms with E-state index < -0.39 is 0 Å². The van der Waals surface area contributed by atoms with Crippen molar-refractivity contribution in [2.45, 2.75) is 45.7 Å². The maximum Gasteiger partial charge on any atom is 0.220 e. The zero-order valence-electron chi connectivity index (χ0n) is 9.94. The lowest BCUT2D eigenvalue weighted by Crippen LogP contribution is -2.40. The van der Waals surface area contributed by atoms with Crippen LogP contribution < -0.4 is 5.32 Å². The third-order valence-corrected chi connectivity index (χ3v) is 2.91. The van der Waals surface area contributed by atoms with Crippen LogP contribution in [0.5, 0.6) is 0 Å². The number of nitrogens with zero attached hydrogens (tertiary/aromatic N) is 2. The molecular weight excluding hydrogens is 202 g/mol. The van der Waals surface area contributed by atoms with E-state index in [0.717, 1.165) is 25.2 Å². The highest BCUT2D eigenvalue weighted by molar-refractivity contribution is 5.76. The Labute approximate surface area is 96.1 Å². The first kappa shape index (κ1) is 11.2. The molecule has 0 saturated carbocycles. The number of nitrogens with one attached hydrogen (secondary N) is 1. The van der Waals surface area contributed by atoms with Gasteiger partial charge in [-0.25, -0.2) is 4.98 Å². The van der Waals surface area contributed by atoms with Gasteiger partial charge in [0, 0.05) is 37.8 Å². The molecule has 0 spiro atoms. The van der Waals surface area contributed by atoms with E-state index in [-0.39, 0.29) is 11.9 Å². The summed E-state index contributed by atoms with van der Waals surface area (Å²) in [6.07, 6.45) is 6.31. The van der Waals surface area contributed by atoms with Gasteiger partial charge in [-0.05, 0) is 12.3 Å². The molecule has 1 aromatic rings. The number of amides is 1. The number of hydrogen-bond donors (Lipinski definition) is 1. The van der Waals surface area contributed by atoms with Gasteiger partial charge in [-0.15, -0.1) is 0 Å². The van der Waals surface area contributed by atoms with Gasteiger partial charge in [-0.3, -0.25) is 4.79 Å². The Morgan fingerprint density at radius 1 is 1.69 bits per heavy atom.